The van der Waals surface area contributed by atoms with E-state index in [1.807, 2.05) is 29.6 Å². The third kappa shape index (κ3) is 3.67. The molecule has 180 valence electrons. The Hall–Kier alpha value is -2.61. The van der Waals surface area contributed by atoms with Crippen LogP contribution >= 0.6 is 11.3 Å². The third-order valence-corrected chi connectivity index (χ3v) is 9.32. The molecule has 34 heavy (non-hydrogen) atoms. The van der Waals surface area contributed by atoms with Crippen LogP contribution in [-0.4, -0.2) is 41.2 Å². The number of rotatable bonds is 8. The van der Waals surface area contributed by atoms with Gasteiger partial charge in [0.15, 0.2) is 5.13 Å². The van der Waals surface area contributed by atoms with Gasteiger partial charge in [-0.15, -0.1) is 0 Å². The molecule has 8 heteroatoms. The number of benzene rings is 1. The van der Waals surface area contributed by atoms with Crippen molar-refractivity contribution in [2.24, 2.45) is 23.2 Å². The second-order valence-electron chi connectivity index (χ2n) is 10.5. The van der Waals surface area contributed by atoms with Crippen LogP contribution in [0.5, 0.6) is 11.5 Å². The van der Waals surface area contributed by atoms with Gasteiger partial charge in [-0.2, -0.15) is 0 Å². The van der Waals surface area contributed by atoms with Crippen molar-refractivity contribution in [2.75, 3.05) is 25.7 Å². The number of hydrogen-bond acceptors (Lipinski definition) is 6. The summed E-state index contributed by atoms with van der Waals surface area (Å²) in [5, 5.41) is 0.754. The molecule has 1 aromatic carbocycles. The van der Waals surface area contributed by atoms with Crippen molar-refractivity contribution >= 4 is 32.6 Å². The van der Waals surface area contributed by atoms with Gasteiger partial charge < -0.3 is 14.0 Å². The van der Waals surface area contributed by atoms with Gasteiger partial charge in [0, 0.05) is 25.5 Å². The number of aromatic nitrogens is 3. The summed E-state index contributed by atoms with van der Waals surface area (Å²) in [6, 6.07) is 3.79. The predicted molar refractivity (Wildman–Crippen MR) is 133 cm³/mol. The minimum Gasteiger partial charge on any atom is -0.495 e. The first-order valence-electron chi connectivity index (χ1n) is 12.4. The molecule has 0 atom stereocenters. The summed E-state index contributed by atoms with van der Waals surface area (Å²) in [6.07, 6.45) is 13.6. The van der Waals surface area contributed by atoms with Crippen molar-refractivity contribution in [3.05, 3.63) is 30.9 Å². The fourth-order valence-corrected chi connectivity index (χ4v) is 8.26. The van der Waals surface area contributed by atoms with E-state index in [4.69, 9.17) is 14.5 Å². The number of fused-ring (bicyclic) bond motifs is 1. The molecular weight excluding hydrogens is 448 g/mol. The number of anilines is 1. The highest BCUT2D eigenvalue weighted by atomic mass is 32.1. The second kappa shape index (κ2) is 8.56. The molecule has 7 rings (SSSR count). The zero-order valence-electron chi connectivity index (χ0n) is 19.9. The Balaban J connectivity index is 1.36. The van der Waals surface area contributed by atoms with Crippen molar-refractivity contribution in [1.29, 1.82) is 0 Å². The summed E-state index contributed by atoms with van der Waals surface area (Å²) in [6.45, 7) is 1.46. The van der Waals surface area contributed by atoms with Crippen LogP contribution in [0.1, 0.15) is 44.9 Å². The standard InChI is InChI=1S/C26H32N4O3S/c1-32-20-4-5-21(33-2)23-22(20)28-25(34-23)30(8-3-7-29-9-6-27-16-29)24(31)26-13-17-10-18(14-26)12-19(11-17)15-26/h4-6,9,16-19H,3,7-8,10-15H2,1-2H3. The molecule has 2 aromatic heterocycles. The van der Waals surface area contributed by atoms with Gasteiger partial charge in [0.1, 0.15) is 21.7 Å². The lowest BCUT2D eigenvalue weighted by Gasteiger charge is -2.56. The highest BCUT2D eigenvalue weighted by molar-refractivity contribution is 7.22. The molecule has 3 aromatic rings. The minimum absolute atomic E-state index is 0.213. The molecule has 7 nitrogen and oxygen atoms in total. The van der Waals surface area contributed by atoms with Crippen LogP contribution in [0, 0.1) is 23.2 Å². The van der Waals surface area contributed by atoms with Crippen LogP contribution in [0.25, 0.3) is 10.2 Å². The van der Waals surface area contributed by atoms with Crippen LogP contribution < -0.4 is 14.4 Å². The van der Waals surface area contributed by atoms with E-state index in [0.717, 1.165) is 71.1 Å². The normalized spacial score (nSPS) is 27.3. The lowest BCUT2D eigenvalue weighted by atomic mass is 9.49. The number of hydrogen-bond donors (Lipinski definition) is 0. The van der Waals surface area contributed by atoms with Crippen LogP contribution in [-0.2, 0) is 11.3 Å². The average molecular weight is 481 g/mol. The fraction of sp³-hybridized carbons (Fsp3) is 0.577. The fourth-order valence-electron chi connectivity index (χ4n) is 7.16. The molecule has 4 saturated carbocycles. The number of ether oxygens (including phenoxy) is 2. The third-order valence-electron chi connectivity index (χ3n) is 8.22. The summed E-state index contributed by atoms with van der Waals surface area (Å²) in [4.78, 5) is 25.5. The monoisotopic (exact) mass is 480 g/mol. The van der Waals surface area contributed by atoms with Gasteiger partial charge >= 0.3 is 0 Å². The first kappa shape index (κ1) is 21.9. The Kier molecular flexibility index (Phi) is 5.51. The topological polar surface area (TPSA) is 69.5 Å². The molecule has 1 amide bonds. The molecule has 0 spiro atoms. The van der Waals surface area contributed by atoms with E-state index in [0.29, 0.717) is 12.3 Å². The Bertz CT molecular complexity index is 1110. The lowest BCUT2D eigenvalue weighted by Crippen LogP contribution is -2.55. The van der Waals surface area contributed by atoms with Gasteiger partial charge in [0.05, 0.1) is 26.0 Å². The maximum atomic E-state index is 14.4. The van der Waals surface area contributed by atoms with E-state index in [2.05, 4.69) is 9.55 Å². The van der Waals surface area contributed by atoms with Gasteiger partial charge in [0.25, 0.3) is 0 Å². The molecule has 0 N–H and O–H groups in total. The van der Waals surface area contributed by atoms with E-state index < -0.39 is 0 Å². The van der Waals surface area contributed by atoms with Gasteiger partial charge in [-0.3, -0.25) is 9.69 Å². The van der Waals surface area contributed by atoms with Crippen molar-refractivity contribution in [1.82, 2.24) is 14.5 Å². The molecule has 0 unspecified atom stereocenters. The summed E-state index contributed by atoms with van der Waals surface area (Å²) in [5.41, 5.74) is 0.551. The van der Waals surface area contributed by atoms with Crippen molar-refractivity contribution in [3.63, 3.8) is 0 Å². The van der Waals surface area contributed by atoms with E-state index in [1.165, 1.54) is 30.6 Å². The molecular formula is C26H32N4O3S. The van der Waals surface area contributed by atoms with E-state index in [1.54, 1.807) is 20.4 Å². The molecule has 0 saturated heterocycles. The largest absolute Gasteiger partial charge is 0.495 e. The highest BCUT2D eigenvalue weighted by Gasteiger charge is 2.56. The molecule has 2 heterocycles. The van der Waals surface area contributed by atoms with Crippen LogP contribution in [0.2, 0.25) is 0 Å². The van der Waals surface area contributed by atoms with Gasteiger partial charge in [0.2, 0.25) is 5.91 Å². The molecule has 4 fully saturated rings. The van der Waals surface area contributed by atoms with Crippen LogP contribution in [0.15, 0.2) is 30.9 Å². The lowest BCUT2D eigenvalue weighted by molar-refractivity contribution is -0.143. The summed E-state index contributed by atoms with van der Waals surface area (Å²) in [5.74, 6) is 3.92. The van der Waals surface area contributed by atoms with Gasteiger partial charge in [-0.1, -0.05) is 11.3 Å². The summed E-state index contributed by atoms with van der Waals surface area (Å²) >= 11 is 1.54. The Morgan fingerprint density at radius 1 is 1.12 bits per heavy atom. The number of amides is 1. The molecule has 4 aliphatic carbocycles. The maximum Gasteiger partial charge on any atom is 0.235 e. The quantitative estimate of drug-likeness (QED) is 0.446. The SMILES string of the molecule is COc1ccc(OC)c2sc(N(CCCn3ccnc3)C(=O)C34CC5CC(CC(C5)C3)C4)nc12. The minimum atomic E-state index is -0.213. The maximum absolute atomic E-state index is 14.4. The summed E-state index contributed by atoms with van der Waals surface area (Å²) < 4.78 is 14.2. The van der Waals surface area contributed by atoms with Gasteiger partial charge in [-0.05, 0) is 74.8 Å². The van der Waals surface area contributed by atoms with Crippen molar-refractivity contribution in [2.45, 2.75) is 51.5 Å². The number of imidazole rings is 1. The van der Waals surface area contributed by atoms with Gasteiger partial charge in [-0.25, -0.2) is 9.97 Å². The zero-order chi connectivity index (χ0) is 23.3. The molecule has 4 bridgehead atoms. The Labute approximate surface area is 204 Å². The molecule has 4 aliphatic rings. The number of carbonyl (C=O) groups excluding carboxylic acids is 1. The number of thiazole rings is 1. The number of methoxy groups -OCH3 is 2. The zero-order valence-corrected chi connectivity index (χ0v) is 20.7. The Morgan fingerprint density at radius 3 is 2.41 bits per heavy atom. The molecule has 0 aliphatic heterocycles. The average Bonchev–Trinajstić information content (AvgIpc) is 3.50. The van der Waals surface area contributed by atoms with E-state index in [9.17, 15) is 4.79 Å². The van der Waals surface area contributed by atoms with Crippen LogP contribution in [0.3, 0.4) is 0 Å². The highest BCUT2D eigenvalue weighted by Crippen LogP contribution is 2.61. The number of carbonyl (C=O) groups is 1. The van der Waals surface area contributed by atoms with Crippen molar-refractivity contribution < 1.29 is 14.3 Å². The Morgan fingerprint density at radius 2 is 1.79 bits per heavy atom. The van der Waals surface area contributed by atoms with Crippen LogP contribution in [0.4, 0.5) is 5.13 Å². The first-order valence-corrected chi connectivity index (χ1v) is 13.2. The van der Waals surface area contributed by atoms with E-state index in [-0.39, 0.29) is 11.3 Å². The first-order chi connectivity index (χ1) is 16.6. The van der Waals surface area contributed by atoms with E-state index >= 15 is 0 Å². The summed E-state index contributed by atoms with van der Waals surface area (Å²) in [7, 11) is 3.33. The number of aryl methyl sites for hydroxylation is 1. The number of nitrogens with zero attached hydrogens (tertiary/aromatic N) is 4. The van der Waals surface area contributed by atoms with Crippen molar-refractivity contribution in [3.8, 4) is 11.5 Å². The molecule has 0 radical (unpaired) electrons. The predicted octanol–water partition coefficient (Wildman–Crippen LogP) is 5.15. The second-order valence-corrected chi connectivity index (χ2v) is 11.4. The smallest absolute Gasteiger partial charge is 0.235 e.